The molecule has 0 aromatic heterocycles. The maximum Gasteiger partial charge on any atom is 0.335 e. The van der Waals surface area contributed by atoms with Gasteiger partial charge in [0.25, 0.3) is 5.91 Å². The number of carboxylic acid groups (broad SMARTS) is 1. The largest absolute Gasteiger partial charge is 0.478 e. The highest BCUT2D eigenvalue weighted by molar-refractivity contribution is 7.80. The molecule has 0 spiro atoms. The fraction of sp³-hybridized carbons (Fsp3) is 0. The van der Waals surface area contributed by atoms with E-state index in [-0.39, 0.29) is 26.4 Å². The van der Waals surface area contributed by atoms with E-state index < -0.39 is 11.9 Å². The Balaban J connectivity index is 2.11. The fourth-order valence-corrected chi connectivity index (χ4v) is 2.64. The zero-order valence-electron chi connectivity index (χ0n) is 11.8. The van der Waals surface area contributed by atoms with E-state index in [1.807, 2.05) is 0 Å². The monoisotopic (exact) mass is 402 g/mol. The Labute approximate surface area is 157 Å². The van der Waals surface area contributed by atoms with Gasteiger partial charge in [0.05, 0.1) is 21.3 Å². The molecule has 9 heteroatoms. The molecule has 5 nitrogen and oxygen atoms in total. The number of aromatic carboxylic acids is 1. The van der Waals surface area contributed by atoms with Gasteiger partial charge in [0.2, 0.25) is 0 Å². The van der Waals surface area contributed by atoms with Gasteiger partial charge in [0.1, 0.15) is 0 Å². The van der Waals surface area contributed by atoms with Crippen LogP contribution in [0, 0.1) is 0 Å². The Kier molecular flexibility index (Phi) is 6.01. The van der Waals surface area contributed by atoms with Gasteiger partial charge in [-0.1, -0.05) is 34.8 Å². The molecule has 2 rings (SSSR count). The minimum absolute atomic E-state index is 0.0400. The normalized spacial score (nSPS) is 10.1. The smallest absolute Gasteiger partial charge is 0.335 e. The van der Waals surface area contributed by atoms with Crippen molar-refractivity contribution in [3.8, 4) is 0 Å². The van der Waals surface area contributed by atoms with Crippen LogP contribution in [-0.4, -0.2) is 22.1 Å². The van der Waals surface area contributed by atoms with Crippen LogP contribution < -0.4 is 10.6 Å². The highest BCUT2D eigenvalue weighted by atomic mass is 35.5. The first-order valence-corrected chi connectivity index (χ1v) is 7.92. The summed E-state index contributed by atoms with van der Waals surface area (Å²) >= 11 is 22.8. The number of halogens is 3. The van der Waals surface area contributed by atoms with E-state index in [1.165, 1.54) is 12.1 Å². The SMILES string of the molecule is O=C(O)c1cc(Cl)c(NC(=S)NC(=O)c2ccc(Cl)cc2)c(Cl)c1. The lowest BCUT2D eigenvalue weighted by Crippen LogP contribution is -2.34. The highest BCUT2D eigenvalue weighted by Gasteiger charge is 2.14. The predicted molar refractivity (Wildman–Crippen MR) is 98.6 cm³/mol. The number of amides is 1. The van der Waals surface area contributed by atoms with Crippen LogP contribution in [-0.2, 0) is 0 Å². The van der Waals surface area contributed by atoms with Gasteiger partial charge >= 0.3 is 5.97 Å². The molecule has 2 aromatic carbocycles. The molecule has 3 N–H and O–H groups in total. The molecule has 24 heavy (non-hydrogen) atoms. The van der Waals surface area contributed by atoms with E-state index in [4.69, 9.17) is 52.1 Å². The van der Waals surface area contributed by atoms with Gasteiger partial charge < -0.3 is 10.4 Å². The Bertz CT molecular complexity index is 802. The molecule has 0 heterocycles. The van der Waals surface area contributed by atoms with Crippen molar-refractivity contribution in [1.82, 2.24) is 5.32 Å². The van der Waals surface area contributed by atoms with Crippen molar-refractivity contribution in [2.24, 2.45) is 0 Å². The molecule has 0 atom stereocenters. The number of hydrogen-bond donors (Lipinski definition) is 3. The molecule has 0 radical (unpaired) electrons. The quantitative estimate of drug-likeness (QED) is 0.659. The molecule has 0 bridgehead atoms. The van der Waals surface area contributed by atoms with Crippen LogP contribution in [0.5, 0.6) is 0 Å². The van der Waals surface area contributed by atoms with Crippen molar-refractivity contribution >= 4 is 69.7 Å². The Morgan fingerprint density at radius 3 is 2.00 bits per heavy atom. The number of carbonyl (C=O) groups is 2. The second-order valence-electron chi connectivity index (χ2n) is 4.54. The molecule has 1 amide bonds. The van der Waals surface area contributed by atoms with Crippen molar-refractivity contribution in [2.45, 2.75) is 0 Å². The number of nitrogens with one attached hydrogen (secondary N) is 2. The van der Waals surface area contributed by atoms with Gasteiger partial charge in [-0.25, -0.2) is 4.79 Å². The van der Waals surface area contributed by atoms with Gasteiger partial charge in [0.15, 0.2) is 5.11 Å². The van der Waals surface area contributed by atoms with Crippen molar-refractivity contribution in [3.63, 3.8) is 0 Å². The molecule has 0 saturated heterocycles. The maximum absolute atomic E-state index is 12.0. The van der Waals surface area contributed by atoms with Gasteiger partial charge in [-0.15, -0.1) is 0 Å². The summed E-state index contributed by atoms with van der Waals surface area (Å²) in [5.74, 6) is -1.61. The summed E-state index contributed by atoms with van der Waals surface area (Å²) < 4.78 is 0. The molecular weight excluding hydrogens is 395 g/mol. The van der Waals surface area contributed by atoms with Crippen LogP contribution >= 0.6 is 47.0 Å². The first kappa shape index (κ1) is 18.5. The standard InChI is InChI=1S/C15H9Cl3N2O3S/c16-9-3-1-7(2-4-9)13(21)20-15(24)19-12-10(17)5-8(14(22)23)6-11(12)18/h1-6H,(H,22,23)(H2,19,20,21,24). The van der Waals surface area contributed by atoms with Crippen LogP contribution in [0.4, 0.5) is 5.69 Å². The Morgan fingerprint density at radius 1 is 0.958 bits per heavy atom. The maximum atomic E-state index is 12.0. The van der Waals surface area contributed by atoms with Gasteiger partial charge in [-0.05, 0) is 48.6 Å². The molecule has 0 fully saturated rings. The molecule has 0 aliphatic carbocycles. The highest BCUT2D eigenvalue weighted by Crippen LogP contribution is 2.31. The average Bonchev–Trinajstić information content (AvgIpc) is 2.51. The zero-order valence-corrected chi connectivity index (χ0v) is 14.9. The van der Waals surface area contributed by atoms with Crippen molar-refractivity contribution in [3.05, 3.63) is 62.6 Å². The van der Waals surface area contributed by atoms with E-state index >= 15 is 0 Å². The van der Waals surface area contributed by atoms with E-state index in [2.05, 4.69) is 10.6 Å². The number of carboxylic acids is 1. The zero-order chi connectivity index (χ0) is 17.9. The number of hydrogen-bond acceptors (Lipinski definition) is 3. The van der Waals surface area contributed by atoms with Gasteiger partial charge in [-0.2, -0.15) is 0 Å². The molecule has 2 aromatic rings. The lowest BCUT2D eigenvalue weighted by molar-refractivity contribution is 0.0696. The number of carbonyl (C=O) groups excluding carboxylic acids is 1. The first-order valence-electron chi connectivity index (χ1n) is 6.38. The third kappa shape index (κ3) is 4.58. The van der Waals surface area contributed by atoms with Crippen LogP contribution in [0.3, 0.4) is 0 Å². The molecular formula is C15H9Cl3N2O3S. The summed E-state index contributed by atoms with van der Waals surface area (Å²) in [5.41, 5.74) is 0.498. The Morgan fingerprint density at radius 2 is 1.50 bits per heavy atom. The van der Waals surface area contributed by atoms with E-state index in [9.17, 15) is 9.59 Å². The van der Waals surface area contributed by atoms with E-state index in [0.717, 1.165) is 0 Å². The van der Waals surface area contributed by atoms with Crippen LogP contribution in [0.1, 0.15) is 20.7 Å². The summed E-state index contributed by atoms with van der Waals surface area (Å²) in [6, 6.07) is 8.68. The molecule has 0 saturated carbocycles. The molecule has 124 valence electrons. The van der Waals surface area contributed by atoms with Gasteiger partial charge in [-0.3, -0.25) is 10.1 Å². The second kappa shape index (κ2) is 7.81. The third-order valence-corrected chi connectivity index (χ3v) is 3.91. The summed E-state index contributed by atoms with van der Waals surface area (Å²) in [7, 11) is 0. The molecule has 0 aliphatic heterocycles. The first-order chi connectivity index (χ1) is 11.3. The summed E-state index contributed by atoms with van der Waals surface area (Å²) in [4.78, 5) is 23.0. The number of thiocarbonyl (C=S) groups is 1. The summed E-state index contributed by atoms with van der Waals surface area (Å²) in [5, 5.41) is 14.7. The number of rotatable bonds is 3. The van der Waals surface area contributed by atoms with Crippen molar-refractivity contribution in [2.75, 3.05) is 5.32 Å². The third-order valence-electron chi connectivity index (χ3n) is 2.86. The van der Waals surface area contributed by atoms with Crippen LogP contribution in [0.15, 0.2) is 36.4 Å². The van der Waals surface area contributed by atoms with Crippen LogP contribution in [0.2, 0.25) is 15.1 Å². The summed E-state index contributed by atoms with van der Waals surface area (Å²) in [6.07, 6.45) is 0. The minimum Gasteiger partial charge on any atom is -0.478 e. The predicted octanol–water partition coefficient (Wildman–Crippen LogP) is 4.47. The molecule has 0 unspecified atom stereocenters. The van der Waals surface area contributed by atoms with E-state index in [0.29, 0.717) is 10.6 Å². The summed E-state index contributed by atoms with van der Waals surface area (Å²) in [6.45, 7) is 0. The number of benzene rings is 2. The minimum atomic E-state index is -1.16. The average molecular weight is 404 g/mol. The molecule has 0 aliphatic rings. The van der Waals surface area contributed by atoms with E-state index in [1.54, 1.807) is 24.3 Å². The van der Waals surface area contributed by atoms with Gasteiger partial charge in [0, 0.05) is 10.6 Å². The van der Waals surface area contributed by atoms with Crippen molar-refractivity contribution in [1.29, 1.82) is 0 Å². The Hall–Kier alpha value is -1.86. The number of anilines is 1. The van der Waals surface area contributed by atoms with Crippen molar-refractivity contribution < 1.29 is 14.7 Å². The topological polar surface area (TPSA) is 78.4 Å². The second-order valence-corrected chi connectivity index (χ2v) is 6.19. The fourth-order valence-electron chi connectivity index (χ4n) is 1.74. The lowest BCUT2D eigenvalue weighted by atomic mass is 10.2. The lowest BCUT2D eigenvalue weighted by Gasteiger charge is -2.13. The van der Waals surface area contributed by atoms with Crippen LogP contribution in [0.25, 0.3) is 0 Å².